The molecule has 2 heteroatoms. The molecular weight excluding hydrogens is 128 g/mol. The largest absolute Gasteiger partial charge is 0.481 e. The summed E-state index contributed by atoms with van der Waals surface area (Å²) in [6, 6.07) is 0. The van der Waals surface area contributed by atoms with Crippen molar-refractivity contribution in [2.45, 2.75) is 25.7 Å². The minimum Gasteiger partial charge on any atom is -0.481 e. The molecule has 0 aliphatic heterocycles. The van der Waals surface area contributed by atoms with Gasteiger partial charge in [-0.05, 0) is 24.7 Å². The highest BCUT2D eigenvalue weighted by molar-refractivity contribution is 5.73. The van der Waals surface area contributed by atoms with Gasteiger partial charge >= 0.3 is 5.97 Å². The first-order chi connectivity index (χ1) is 4.77. The van der Waals surface area contributed by atoms with E-state index in [4.69, 9.17) is 5.11 Å². The lowest BCUT2D eigenvalue weighted by Gasteiger charge is -1.91. The molecule has 0 bridgehead atoms. The minimum atomic E-state index is -0.578. The second-order valence-electron chi connectivity index (χ2n) is 3.62. The number of hydrogen-bond acceptors (Lipinski definition) is 1. The first kappa shape index (κ1) is 6.20. The van der Waals surface area contributed by atoms with Crippen LogP contribution in [-0.4, -0.2) is 11.1 Å². The molecule has 2 unspecified atom stereocenters. The van der Waals surface area contributed by atoms with Crippen LogP contribution in [0, 0.1) is 17.8 Å². The molecule has 2 atom stereocenters. The highest BCUT2D eigenvalue weighted by Crippen LogP contribution is 2.48. The molecule has 0 radical (unpaired) electrons. The van der Waals surface area contributed by atoms with E-state index in [0.717, 1.165) is 12.3 Å². The number of carboxylic acids is 1. The van der Waals surface area contributed by atoms with Crippen LogP contribution >= 0.6 is 0 Å². The zero-order valence-corrected chi connectivity index (χ0v) is 5.92. The van der Waals surface area contributed by atoms with Crippen LogP contribution in [0.3, 0.4) is 0 Å². The zero-order valence-electron chi connectivity index (χ0n) is 5.92. The van der Waals surface area contributed by atoms with E-state index in [0.29, 0.717) is 5.92 Å². The summed E-state index contributed by atoms with van der Waals surface area (Å²) in [6.45, 7) is 0. The van der Waals surface area contributed by atoms with Crippen molar-refractivity contribution in [1.82, 2.24) is 0 Å². The van der Waals surface area contributed by atoms with Gasteiger partial charge in [0.15, 0.2) is 0 Å². The van der Waals surface area contributed by atoms with Crippen molar-refractivity contribution in [2.24, 2.45) is 17.8 Å². The minimum absolute atomic E-state index is 0.0283. The average Bonchev–Trinajstić information content (AvgIpc) is 2.63. The molecule has 0 saturated heterocycles. The van der Waals surface area contributed by atoms with Crippen LogP contribution in [0.15, 0.2) is 0 Å². The summed E-state index contributed by atoms with van der Waals surface area (Å²) in [4.78, 5) is 10.4. The Hall–Kier alpha value is -0.530. The summed E-state index contributed by atoms with van der Waals surface area (Å²) < 4.78 is 0. The van der Waals surface area contributed by atoms with Crippen molar-refractivity contribution in [2.75, 3.05) is 0 Å². The number of hydrogen-bond donors (Lipinski definition) is 1. The smallest absolute Gasteiger partial charge is 0.306 e. The molecule has 2 aliphatic rings. The Balaban J connectivity index is 1.73. The maximum absolute atomic E-state index is 10.4. The Labute approximate surface area is 60.2 Å². The summed E-state index contributed by atoms with van der Waals surface area (Å²) in [6.07, 6.45) is 4.84. The van der Waals surface area contributed by atoms with E-state index in [1.54, 1.807) is 0 Å². The number of rotatable bonds is 3. The highest BCUT2D eigenvalue weighted by Gasteiger charge is 2.45. The van der Waals surface area contributed by atoms with E-state index < -0.39 is 5.97 Å². The van der Waals surface area contributed by atoms with Gasteiger partial charge in [-0.25, -0.2) is 0 Å². The van der Waals surface area contributed by atoms with Crippen LogP contribution in [-0.2, 0) is 4.79 Å². The Bertz CT molecular complexity index is 161. The van der Waals surface area contributed by atoms with Gasteiger partial charge in [0, 0.05) is 0 Å². The summed E-state index contributed by atoms with van der Waals surface area (Å²) in [5.41, 5.74) is 0. The molecule has 2 aliphatic carbocycles. The Morgan fingerprint density at radius 3 is 2.60 bits per heavy atom. The molecule has 0 spiro atoms. The molecule has 0 aromatic heterocycles. The molecule has 0 aromatic carbocycles. The van der Waals surface area contributed by atoms with E-state index in [9.17, 15) is 4.79 Å². The van der Waals surface area contributed by atoms with Crippen molar-refractivity contribution in [3.05, 3.63) is 0 Å². The van der Waals surface area contributed by atoms with Crippen molar-refractivity contribution >= 4 is 5.97 Å². The van der Waals surface area contributed by atoms with Crippen molar-refractivity contribution in [1.29, 1.82) is 0 Å². The lowest BCUT2D eigenvalue weighted by molar-refractivity contribution is -0.138. The lowest BCUT2D eigenvalue weighted by atomic mass is 10.2. The quantitative estimate of drug-likeness (QED) is 0.645. The van der Waals surface area contributed by atoms with E-state index in [1.165, 1.54) is 19.3 Å². The van der Waals surface area contributed by atoms with Gasteiger partial charge in [0.25, 0.3) is 0 Å². The van der Waals surface area contributed by atoms with Crippen LogP contribution in [0.4, 0.5) is 0 Å². The topological polar surface area (TPSA) is 37.3 Å². The normalized spacial score (nSPS) is 37.6. The molecule has 2 rings (SSSR count). The number of carbonyl (C=O) groups is 1. The third kappa shape index (κ3) is 1.15. The molecule has 2 nitrogen and oxygen atoms in total. The van der Waals surface area contributed by atoms with Gasteiger partial charge in [-0.3, -0.25) is 4.79 Å². The van der Waals surface area contributed by atoms with Crippen molar-refractivity contribution in [3.63, 3.8) is 0 Å². The summed E-state index contributed by atoms with van der Waals surface area (Å²) >= 11 is 0. The molecular formula is C8H12O2. The van der Waals surface area contributed by atoms with Crippen LogP contribution in [0.5, 0.6) is 0 Å². The summed E-state index contributed by atoms with van der Waals surface area (Å²) in [5, 5.41) is 8.56. The maximum Gasteiger partial charge on any atom is 0.306 e. The van der Waals surface area contributed by atoms with Gasteiger partial charge in [-0.2, -0.15) is 0 Å². The van der Waals surface area contributed by atoms with Crippen LogP contribution in [0.1, 0.15) is 25.7 Å². The Morgan fingerprint density at radius 1 is 1.50 bits per heavy atom. The maximum atomic E-state index is 10.4. The standard InChI is InChI=1S/C8H12O2/c9-8(10)7-4-6(7)3-5-1-2-5/h5-7H,1-4H2,(H,9,10). The number of aliphatic carboxylic acids is 1. The molecule has 10 heavy (non-hydrogen) atoms. The first-order valence-corrected chi connectivity index (χ1v) is 4.00. The van der Waals surface area contributed by atoms with Gasteiger partial charge in [0.2, 0.25) is 0 Å². The van der Waals surface area contributed by atoms with E-state index in [2.05, 4.69) is 0 Å². The fourth-order valence-corrected chi connectivity index (χ4v) is 1.59. The van der Waals surface area contributed by atoms with Crippen molar-refractivity contribution in [3.8, 4) is 0 Å². The predicted octanol–water partition coefficient (Wildman–Crippen LogP) is 1.51. The van der Waals surface area contributed by atoms with Crippen LogP contribution in [0.25, 0.3) is 0 Å². The SMILES string of the molecule is O=C(O)C1CC1CC1CC1. The van der Waals surface area contributed by atoms with E-state index in [1.807, 2.05) is 0 Å². The molecule has 0 amide bonds. The zero-order chi connectivity index (χ0) is 7.14. The lowest BCUT2D eigenvalue weighted by Crippen LogP contribution is -1.99. The number of carboxylic acid groups (broad SMARTS) is 1. The fraction of sp³-hybridized carbons (Fsp3) is 0.875. The second kappa shape index (κ2) is 1.97. The van der Waals surface area contributed by atoms with E-state index in [-0.39, 0.29) is 5.92 Å². The monoisotopic (exact) mass is 140 g/mol. The highest BCUT2D eigenvalue weighted by atomic mass is 16.4. The molecule has 56 valence electrons. The van der Waals surface area contributed by atoms with Crippen molar-refractivity contribution < 1.29 is 9.90 Å². The second-order valence-corrected chi connectivity index (χ2v) is 3.62. The average molecular weight is 140 g/mol. The van der Waals surface area contributed by atoms with Gasteiger partial charge in [-0.15, -0.1) is 0 Å². The Morgan fingerprint density at radius 2 is 2.20 bits per heavy atom. The van der Waals surface area contributed by atoms with Gasteiger partial charge in [-0.1, -0.05) is 12.8 Å². The third-order valence-electron chi connectivity index (χ3n) is 2.57. The molecule has 2 fully saturated rings. The molecule has 0 aromatic rings. The van der Waals surface area contributed by atoms with Gasteiger partial charge in [0.05, 0.1) is 5.92 Å². The summed E-state index contributed by atoms with van der Waals surface area (Å²) in [5.74, 6) is 0.894. The fourth-order valence-electron chi connectivity index (χ4n) is 1.59. The van der Waals surface area contributed by atoms with E-state index >= 15 is 0 Å². The molecule has 0 heterocycles. The Kier molecular flexibility index (Phi) is 1.22. The van der Waals surface area contributed by atoms with Crippen LogP contribution in [0.2, 0.25) is 0 Å². The van der Waals surface area contributed by atoms with Gasteiger partial charge in [0.1, 0.15) is 0 Å². The summed E-state index contributed by atoms with van der Waals surface area (Å²) in [7, 11) is 0. The molecule has 2 saturated carbocycles. The predicted molar refractivity (Wildman–Crippen MR) is 36.6 cm³/mol. The van der Waals surface area contributed by atoms with Crippen LogP contribution < -0.4 is 0 Å². The first-order valence-electron chi connectivity index (χ1n) is 4.00. The third-order valence-corrected chi connectivity index (χ3v) is 2.57. The molecule has 1 N–H and O–H groups in total. The van der Waals surface area contributed by atoms with Gasteiger partial charge < -0.3 is 5.11 Å².